The molecule has 3 rings (SSSR count). The van der Waals surface area contributed by atoms with E-state index in [0.29, 0.717) is 11.3 Å². The van der Waals surface area contributed by atoms with Gasteiger partial charge < -0.3 is 14.8 Å². The van der Waals surface area contributed by atoms with Crippen LogP contribution in [0.4, 0.5) is 10.1 Å². The summed E-state index contributed by atoms with van der Waals surface area (Å²) in [7, 11) is 0. The van der Waals surface area contributed by atoms with Crippen molar-refractivity contribution in [1.82, 2.24) is 0 Å². The Morgan fingerprint density at radius 1 is 1.26 bits per heavy atom. The quantitative estimate of drug-likeness (QED) is 0.469. The molecule has 0 saturated heterocycles. The minimum Gasteiger partial charge on any atom is -0.478 e. The Labute approximate surface area is 178 Å². The number of fused-ring (bicyclic) bond motifs is 1. The summed E-state index contributed by atoms with van der Waals surface area (Å²) in [6.07, 6.45) is 4.33. The molecule has 1 aromatic heterocycles. The summed E-state index contributed by atoms with van der Waals surface area (Å²) < 4.78 is 20.7. The molecular weight excluding hydrogens is 397 g/mol. The molecule has 0 fully saturated rings. The van der Waals surface area contributed by atoms with Crippen molar-refractivity contribution in [2.24, 2.45) is 0 Å². The van der Waals surface area contributed by atoms with Crippen LogP contribution in [0.2, 0.25) is 0 Å². The summed E-state index contributed by atoms with van der Waals surface area (Å²) in [6, 6.07) is 9.45. The van der Waals surface area contributed by atoms with Gasteiger partial charge in [-0.1, -0.05) is 49.6 Å². The van der Waals surface area contributed by atoms with Crippen molar-refractivity contribution in [2.75, 3.05) is 5.32 Å². The summed E-state index contributed by atoms with van der Waals surface area (Å²) in [5.74, 6) is -2.30. The van der Waals surface area contributed by atoms with Crippen molar-refractivity contribution in [2.45, 2.75) is 19.9 Å². The predicted octanol–water partition coefficient (Wildman–Crippen LogP) is 5.87. The second-order valence-electron chi connectivity index (χ2n) is 7.08. The van der Waals surface area contributed by atoms with Crippen LogP contribution in [0, 0.1) is 12.7 Å². The highest BCUT2D eigenvalue weighted by Crippen LogP contribution is 2.31. The molecule has 2 aromatic carbocycles. The highest BCUT2D eigenvalue weighted by molar-refractivity contribution is 5.94. The van der Waals surface area contributed by atoms with Gasteiger partial charge in [0.2, 0.25) is 11.2 Å². The van der Waals surface area contributed by atoms with Gasteiger partial charge in [-0.25, -0.2) is 4.79 Å². The van der Waals surface area contributed by atoms with Gasteiger partial charge in [0, 0.05) is 16.8 Å². The molecule has 31 heavy (non-hydrogen) atoms. The van der Waals surface area contributed by atoms with Crippen molar-refractivity contribution in [3.63, 3.8) is 0 Å². The second-order valence-corrected chi connectivity index (χ2v) is 7.08. The smallest absolute Gasteiger partial charge is 0.337 e. The maximum Gasteiger partial charge on any atom is 0.337 e. The number of nitrogens with one attached hydrogen (secondary N) is 1. The molecule has 1 unspecified atom stereocenters. The molecule has 6 heteroatoms. The molecule has 1 heterocycles. The van der Waals surface area contributed by atoms with Gasteiger partial charge in [-0.15, -0.1) is 0 Å². The number of carboxylic acids is 1. The summed E-state index contributed by atoms with van der Waals surface area (Å²) in [5, 5.41) is 12.7. The second kappa shape index (κ2) is 8.83. The Hall–Kier alpha value is -3.93. The molecule has 0 aliphatic heterocycles. The number of aryl methyl sites for hydroxylation is 1. The third-order valence-electron chi connectivity index (χ3n) is 4.88. The average Bonchev–Trinajstić information content (AvgIpc) is 2.74. The van der Waals surface area contributed by atoms with E-state index < -0.39 is 23.3 Å². The zero-order valence-corrected chi connectivity index (χ0v) is 17.2. The van der Waals surface area contributed by atoms with E-state index in [1.807, 2.05) is 13.0 Å². The number of hydrogen-bond donors (Lipinski definition) is 2. The van der Waals surface area contributed by atoms with Crippen LogP contribution >= 0.6 is 0 Å². The van der Waals surface area contributed by atoms with Gasteiger partial charge in [0.15, 0.2) is 5.76 Å². The first kappa shape index (κ1) is 21.8. The van der Waals surface area contributed by atoms with Crippen molar-refractivity contribution in [1.29, 1.82) is 0 Å². The fourth-order valence-corrected chi connectivity index (χ4v) is 3.43. The lowest BCUT2D eigenvalue weighted by atomic mass is 10.00. The lowest BCUT2D eigenvalue weighted by Crippen LogP contribution is -2.15. The Kier molecular flexibility index (Phi) is 6.20. The molecular formula is C25H22FNO4. The van der Waals surface area contributed by atoms with E-state index in [1.165, 1.54) is 24.3 Å². The van der Waals surface area contributed by atoms with Crippen LogP contribution in [-0.4, -0.2) is 11.1 Å². The molecule has 5 nitrogen and oxygen atoms in total. The molecule has 158 valence electrons. The van der Waals surface area contributed by atoms with Crippen LogP contribution in [0.1, 0.15) is 40.2 Å². The van der Waals surface area contributed by atoms with Crippen LogP contribution in [0.25, 0.3) is 16.5 Å². The van der Waals surface area contributed by atoms with Gasteiger partial charge in [0.05, 0.1) is 17.0 Å². The van der Waals surface area contributed by atoms with Crippen LogP contribution in [0.5, 0.6) is 0 Å². The number of rotatable bonds is 7. The van der Waals surface area contributed by atoms with E-state index in [2.05, 4.69) is 18.5 Å². The van der Waals surface area contributed by atoms with Crippen molar-refractivity contribution >= 4 is 28.2 Å². The molecule has 0 aliphatic carbocycles. The molecule has 0 aliphatic rings. The van der Waals surface area contributed by atoms with E-state index in [4.69, 9.17) is 4.42 Å². The Morgan fingerprint density at radius 3 is 2.61 bits per heavy atom. The number of anilines is 1. The summed E-state index contributed by atoms with van der Waals surface area (Å²) in [6.45, 7) is 10.8. The molecule has 0 spiro atoms. The summed E-state index contributed by atoms with van der Waals surface area (Å²) in [4.78, 5) is 24.3. The van der Waals surface area contributed by atoms with E-state index in [1.54, 1.807) is 31.2 Å². The predicted molar refractivity (Wildman–Crippen MR) is 121 cm³/mol. The highest BCUT2D eigenvalue weighted by Gasteiger charge is 2.21. The minimum atomic E-state index is -1.06. The molecule has 0 saturated carbocycles. The summed E-state index contributed by atoms with van der Waals surface area (Å²) >= 11 is 0. The van der Waals surface area contributed by atoms with Crippen molar-refractivity contribution in [3.8, 4) is 0 Å². The SMILES string of the molecule is C=C/C=C(\C=C)c1oc2c(C(C)Nc3ccccc3C(=O)O)cc(C)cc2c(=O)c1F. The van der Waals surface area contributed by atoms with E-state index in [-0.39, 0.29) is 27.9 Å². The van der Waals surface area contributed by atoms with E-state index >= 15 is 0 Å². The third kappa shape index (κ3) is 4.19. The number of para-hydroxylation sites is 1. The van der Waals surface area contributed by atoms with Crippen LogP contribution in [-0.2, 0) is 0 Å². The molecule has 0 radical (unpaired) electrons. The average molecular weight is 419 g/mol. The number of allylic oxidation sites excluding steroid dienone is 4. The number of aromatic carboxylic acids is 1. The fourth-order valence-electron chi connectivity index (χ4n) is 3.43. The number of halogens is 1. The first-order valence-electron chi connectivity index (χ1n) is 9.59. The maximum atomic E-state index is 14.8. The van der Waals surface area contributed by atoms with Crippen LogP contribution in [0.3, 0.4) is 0 Å². The van der Waals surface area contributed by atoms with Gasteiger partial charge in [-0.2, -0.15) is 4.39 Å². The Bertz CT molecular complexity index is 1290. The zero-order valence-electron chi connectivity index (χ0n) is 17.2. The van der Waals surface area contributed by atoms with E-state index in [9.17, 15) is 19.1 Å². The first-order valence-corrected chi connectivity index (χ1v) is 9.59. The van der Waals surface area contributed by atoms with Crippen molar-refractivity contribution < 1.29 is 18.7 Å². The third-order valence-corrected chi connectivity index (χ3v) is 4.88. The van der Waals surface area contributed by atoms with Crippen molar-refractivity contribution in [3.05, 3.63) is 106 Å². The fraction of sp³-hybridized carbons (Fsp3) is 0.120. The Morgan fingerprint density at radius 2 is 1.97 bits per heavy atom. The Balaban J connectivity index is 2.23. The number of carboxylic acid groups (broad SMARTS) is 1. The maximum absolute atomic E-state index is 14.8. The number of carbonyl (C=O) groups is 1. The summed E-state index contributed by atoms with van der Waals surface area (Å²) in [5.41, 5.74) is 1.59. The zero-order chi connectivity index (χ0) is 22.7. The topological polar surface area (TPSA) is 79.5 Å². The largest absolute Gasteiger partial charge is 0.478 e. The molecule has 0 bridgehead atoms. The van der Waals surface area contributed by atoms with Gasteiger partial charge in [-0.05, 0) is 37.6 Å². The molecule has 3 aromatic rings. The highest BCUT2D eigenvalue weighted by atomic mass is 19.1. The molecule has 0 amide bonds. The van der Waals surface area contributed by atoms with E-state index in [0.717, 1.165) is 5.56 Å². The minimum absolute atomic E-state index is 0.110. The normalized spacial score (nSPS) is 12.4. The molecule has 1 atom stereocenters. The monoisotopic (exact) mass is 419 g/mol. The van der Waals surface area contributed by atoms with Gasteiger partial charge in [-0.3, -0.25) is 4.79 Å². The number of benzene rings is 2. The molecule has 2 N–H and O–H groups in total. The van der Waals surface area contributed by atoms with Gasteiger partial charge >= 0.3 is 5.97 Å². The number of hydrogen-bond acceptors (Lipinski definition) is 4. The van der Waals surface area contributed by atoms with Gasteiger partial charge in [0.1, 0.15) is 5.58 Å². The van der Waals surface area contributed by atoms with Crippen LogP contribution < -0.4 is 10.7 Å². The lowest BCUT2D eigenvalue weighted by Gasteiger charge is -2.19. The lowest BCUT2D eigenvalue weighted by molar-refractivity contribution is 0.0698. The first-order chi connectivity index (χ1) is 14.8. The van der Waals surface area contributed by atoms with Gasteiger partial charge in [0.25, 0.3) is 0 Å². The van der Waals surface area contributed by atoms with Crippen LogP contribution in [0.15, 0.2) is 77.0 Å². The standard InChI is InChI=1S/C25H22FNO4/c1-5-9-16(6-2)23-21(26)22(28)19-13-14(3)12-18(24(19)31-23)15(4)27-20-11-8-7-10-17(20)25(29)30/h5-13,15,27H,1-2H2,3-4H3,(H,29,30)/b16-9+.